The molecule has 1 atom stereocenters. The summed E-state index contributed by atoms with van der Waals surface area (Å²) in [4.78, 5) is 23.4. The number of carbonyl (C=O) groups is 1. The Balaban J connectivity index is 2.15. The molecule has 1 amide bonds. The molecule has 0 aliphatic carbocycles. The molecule has 0 radical (unpaired) electrons. The Morgan fingerprint density at radius 2 is 2.17 bits per heavy atom. The van der Waals surface area contributed by atoms with Crippen molar-refractivity contribution < 1.29 is 27.4 Å². The van der Waals surface area contributed by atoms with Gasteiger partial charge in [0.2, 0.25) is 12.2 Å². The fourth-order valence-corrected chi connectivity index (χ4v) is 2.14. The fraction of sp³-hybridized carbons (Fsp3) is 0.294. The number of alkyl halides is 2. The van der Waals surface area contributed by atoms with E-state index in [4.69, 9.17) is 20.9 Å². The van der Waals surface area contributed by atoms with E-state index in [-0.39, 0.29) is 42.1 Å². The number of nitrogen functional groups attached to an aromatic ring is 1. The summed E-state index contributed by atoms with van der Waals surface area (Å²) in [6.45, 7) is -1.26. The second-order valence-electron chi connectivity index (χ2n) is 5.53. The highest BCUT2D eigenvalue weighted by atomic mass is 19.1. The normalized spacial score (nSPS) is 12.5. The zero-order valence-electron chi connectivity index (χ0n) is 15.4. The molecule has 1 aromatic carbocycles. The van der Waals surface area contributed by atoms with Crippen LogP contribution in [-0.2, 0) is 4.74 Å². The number of nitrogens with two attached hydrogens (primary N) is 2. The first kappa shape index (κ1) is 21.9. The number of carbonyl (C=O) groups excluding carboxylic acids is 1. The second-order valence-corrected chi connectivity index (χ2v) is 5.53. The van der Waals surface area contributed by atoms with Crippen LogP contribution < -0.4 is 21.5 Å². The molecule has 0 saturated heterocycles. The third kappa shape index (κ3) is 6.04. The quantitative estimate of drug-likeness (QED) is 0.247. The number of amidine groups is 1. The highest BCUT2D eigenvalue weighted by molar-refractivity contribution is 6.05. The van der Waals surface area contributed by atoms with Gasteiger partial charge in [-0.1, -0.05) is 0 Å². The summed E-state index contributed by atoms with van der Waals surface area (Å²) < 4.78 is 49.9. The summed E-state index contributed by atoms with van der Waals surface area (Å²) in [5.74, 6) is -1.98. The molecule has 0 fully saturated rings. The number of nitrogens with one attached hydrogen (secondary N) is 1. The van der Waals surface area contributed by atoms with Crippen LogP contribution in [0.5, 0.6) is 5.88 Å². The van der Waals surface area contributed by atoms with Gasteiger partial charge in [-0.25, -0.2) is 23.1 Å². The van der Waals surface area contributed by atoms with Crippen LogP contribution in [0.15, 0.2) is 29.4 Å². The Kier molecular flexibility index (Phi) is 7.71. The van der Waals surface area contributed by atoms with Gasteiger partial charge in [-0.3, -0.25) is 4.79 Å². The van der Waals surface area contributed by atoms with E-state index in [1.807, 2.05) is 0 Å². The van der Waals surface area contributed by atoms with Crippen LogP contribution in [0, 0.1) is 5.82 Å². The maximum Gasteiger partial charge on any atom is 0.278 e. The number of hydrogen-bond acceptors (Lipinski definition) is 7. The van der Waals surface area contributed by atoms with Crippen molar-refractivity contribution in [2.45, 2.75) is 6.30 Å². The summed E-state index contributed by atoms with van der Waals surface area (Å²) in [5, 5.41) is 2.41. The van der Waals surface area contributed by atoms with Crippen LogP contribution in [0.1, 0.15) is 22.3 Å². The largest absolute Gasteiger partial charge is 0.480 e. The van der Waals surface area contributed by atoms with Gasteiger partial charge in [-0.05, 0) is 18.2 Å². The number of nitrogens with zero attached hydrogens (tertiary/aromatic N) is 3. The van der Waals surface area contributed by atoms with Crippen LogP contribution >= 0.6 is 0 Å². The highest BCUT2D eigenvalue weighted by Gasteiger charge is 2.18. The third-order valence-corrected chi connectivity index (χ3v) is 3.46. The van der Waals surface area contributed by atoms with E-state index in [2.05, 4.69) is 20.3 Å². The van der Waals surface area contributed by atoms with Crippen molar-refractivity contribution in [2.75, 3.05) is 38.0 Å². The lowest BCUT2D eigenvalue weighted by atomic mass is 10.1. The summed E-state index contributed by atoms with van der Waals surface area (Å²) >= 11 is 0. The molecule has 0 aliphatic rings. The molecule has 2 rings (SSSR count). The molecule has 156 valence electrons. The molecule has 0 spiro atoms. The summed E-state index contributed by atoms with van der Waals surface area (Å²) in [7, 11) is 1.36. The Morgan fingerprint density at radius 3 is 2.83 bits per heavy atom. The van der Waals surface area contributed by atoms with Crippen molar-refractivity contribution in [3.05, 3.63) is 41.5 Å². The van der Waals surface area contributed by atoms with Crippen LogP contribution in [-0.4, -0.2) is 48.7 Å². The Hall–Kier alpha value is -3.41. The molecule has 1 aromatic heterocycles. The number of anilines is 2. The Labute approximate surface area is 163 Å². The minimum Gasteiger partial charge on any atom is -0.480 e. The average molecular weight is 412 g/mol. The lowest BCUT2D eigenvalue weighted by Gasteiger charge is -2.11. The predicted molar refractivity (Wildman–Crippen MR) is 99.6 cm³/mol. The molecule has 2 aromatic rings. The smallest absolute Gasteiger partial charge is 0.278 e. The Bertz CT molecular complexity index is 897. The molecule has 12 heteroatoms. The first-order chi connectivity index (χ1) is 13.8. The number of amides is 1. The molecule has 0 unspecified atom stereocenters. The predicted octanol–water partition coefficient (Wildman–Crippen LogP) is 1.77. The van der Waals surface area contributed by atoms with Gasteiger partial charge in [-0.2, -0.15) is 4.98 Å². The van der Waals surface area contributed by atoms with E-state index in [9.17, 15) is 18.0 Å². The zero-order valence-corrected chi connectivity index (χ0v) is 15.4. The zero-order chi connectivity index (χ0) is 21.4. The maximum absolute atomic E-state index is 14.3. The summed E-state index contributed by atoms with van der Waals surface area (Å²) in [5.41, 5.74) is 10.5. The highest BCUT2D eigenvalue weighted by Crippen LogP contribution is 2.26. The molecule has 29 heavy (non-hydrogen) atoms. The number of ether oxygens (including phenoxy) is 2. The number of aromatic nitrogens is 2. The minimum absolute atomic E-state index is 0.0634. The molecule has 9 nitrogen and oxygen atoms in total. The van der Waals surface area contributed by atoms with E-state index in [0.29, 0.717) is 0 Å². The van der Waals surface area contributed by atoms with Crippen molar-refractivity contribution >= 4 is 23.2 Å². The molecule has 0 saturated carbocycles. The van der Waals surface area contributed by atoms with Crippen molar-refractivity contribution in [3.8, 4) is 5.88 Å². The number of halogens is 3. The third-order valence-electron chi connectivity index (χ3n) is 3.46. The lowest BCUT2D eigenvalue weighted by Crippen LogP contribution is -2.21. The van der Waals surface area contributed by atoms with Gasteiger partial charge >= 0.3 is 0 Å². The first-order valence-corrected chi connectivity index (χ1v) is 8.23. The van der Waals surface area contributed by atoms with E-state index in [0.717, 1.165) is 12.1 Å². The maximum atomic E-state index is 14.3. The molecule has 5 N–H and O–H groups in total. The molecular weight excluding hydrogens is 393 g/mol. The second kappa shape index (κ2) is 10.2. The number of aliphatic imine (C=N–C) groups is 1. The number of rotatable bonds is 9. The van der Waals surface area contributed by atoms with Gasteiger partial charge in [0.25, 0.3) is 5.91 Å². The lowest BCUT2D eigenvalue weighted by molar-refractivity contribution is 0.102. The van der Waals surface area contributed by atoms with Gasteiger partial charge in [-0.15, -0.1) is 0 Å². The van der Waals surface area contributed by atoms with Crippen LogP contribution in [0.4, 0.5) is 24.7 Å². The van der Waals surface area contributed by atoms with Crippen LogP contribution in [0.3, 0.4) is 0 Å². The van der Waals surface area contributed by atoms with Gasteiger partial charge in [0.15, 0.2) is 11.5 Å². The topological polar surface area (TPSA) is 138 Å². The SMILES string of the molecule is COc1cnc(C(=O)Nc2ccc(F)c([C@@H](F)/N=C(/N)COCCF)c2)c(N)n1. The Morgan fingerprint density at radius 1 is 1.41 bits per heavy atom. The van der Waals surface area contributed by atoms with Crippen molar-refractivity contribution in [2.24, 2.45) is 10.7 Å². The van der Waals surface area contributed by atoms with Gasteiger partial charge in [0.05, 0.1) is 19.9 Å². The van der Waals surface area contributed by atoms with Gasteiger partial charge in [0, 0.05) is 11.3 Å². The standard InChI is InChI=1S/C17H19F3N6O3/c1-28-13-7-23-14(16(22)26-13)17(27)24-9-2-3-11(19)10(6-9)15(20)25-12(21)8-29-5-4-18/h2-3,6-7,15H,4-5,8H2,1H3,(H2,21,25)(H2,22,26)(H,24,27)/t15-/m0/s1. The fourth-order valence-electron chi connectivity index (χ4n) is 2.14. The van der Waals surface area contributed by atoms with Crippen LogP contribution in [0.25, 0.3) is 0 Å². The number of benzene rings is 1. The molecule has 1 heterocycles. The van der Waals surface area contributed by atoms with Crippen molar-refractivity contribution in [3.63, 3.8) is 0 Å². The molecular formula is C17H19F3N6O3. The molecule has 0 aliphatic heterocycles. The summed E-state index contributed by atoms with van der Waals surface area (Å²) in [6, 6.07) is 3.21. The summed E-state index contributed by atoms with van der Waals surface area (Å²) in [6.07, 6.45) is -0.965. The number of hydrogen-bond donors (Lipinski definition) is 3. The van der Waals surface area contributed by atoms with Gasteiger partial charge < -0.3 is 26.3 Å². The van der Waals surface area contributed by atoms with E-state index in [1.165, 1.54) is 19.4 Å². The van der Waals surface area contributed by atoms with Crippen molar-refractivity contribution in [1.29, 1.82) is 0 Å². The van der Waals surface area contributed by atoms with E-state index < -0.39 is 30.3 Å². The van der Waals surface area contributed by atoms with E-state index in [1.54, 1.807) is 0 Å². The van der Waals surface area contributed by atoms with E-state index >= 15 is 0 Å². The first-order valence-electron chi connectivity index (χ1n) is 8.23. The van der Waals surface area contributed by atoms with Gasteiger partial charge in [0.1, 0.15) is 24.9 Å². The monoisotopic (exact) mass is 412 g/mol. The van der Waals surface area contributed by atoms with Crippen molar-refractivity contribution in [1.82, 2.24) is 9.97 Å². The average Bonchev–Trinajstić information content (AvgIpc) is 2.69. The molecule has 0 bridgehead atoms. The minimum atomic E-state index is -2.16. The number of methoxy groups -OCH3 is 1. The van der Waals surface area contributed by atoms with Crippen LogP contribution in [0.2, 0.25) is 0 Å².